The summed E-state index contributed by atoms with van der Waals surface area (Å²) in [5, 5.41) is 0.211. The van der Waals surface area contributed by atoms with Crippen molar-refractivity contribution in [3.8, 4) is 0 Å². The van der Waals surface area contributed by atoms with Gasteiger partial charge in [-0.3, -0.25) is 0 Å². The van der Waals surface area contributed by atoms with Crippen LogP contribution in [-0.4, -0.2) is 28.2 Å². The van der Waals surface area contributed by atoms with Gasteiger partial charge in [-0.15, -0.1) is 0 Å². The van der Waals surface area contributed by atoms with E-state index < -0.39 is 10.0 Å². The third-order valence-corrected chi connectivity index (χ3v) is 4.53. The predicted octanol–water partition coefficient (Wildman–Crippen LogP) is 2.86. The summed E-state index contributed by atoms with van der Waals surface area (Å²) < 4.78 is 31.5. The summed E-state index contributed by atoms with van der Waals surface area (Å²) in [6, 6.07) is 4.45. The van der Waals surface area contributed by atoms with Gasteiger partial charge in [0.25, 0.3) is 0 Å². The van der Waals surface area contributed by atoms with Crippen LogP contribution in [-0.2, 0) is 14.8 Å². The van der Waals surface area contributed by atoms with Crippen molar-refractivity contribution in [2.24, 2.45) is 0 Å². The van der Waals surface area contributed by atoms with Gasteiger partial charge in [0.15, 0.2) is 0 Å². The normalized spacial score (nSPS) is 11.5. The van der Waals surface area contributed by atoms with Crippen molar-refractivity contribution in [2.75, 3.05) is 19.8 Å². The molecule has 0 heterocycles. The molecule has 0 atom stereocenters. The maximum atomic E-state index is 12.0. The van der Waals surface area contributed by atoms with Gasteiger partial charge in [0.1, 0.15) is 4.90 Å². The van der Waals surface area contributed by atoms with Crippen molar-refractivity contribution in [1.29, 1.82) is 0 Å². The Bertz CT molecular complexity index is 558. The van der Waals surface area contributed by atoms with E-state index in [1.54, 1.807) is 0 Å². The lowest BCUT2D eigenvalue weighted by molar-refractivity contribution is 0.162. The quantitative estimate of drug-likeness (QED) is 0.620. The van der Waals surface area contributed by atoms with Crippen LogP contribution in [0, 0.1) is 0 Å². The van der Waals surface area contributed by atoms with Gasteiger partial charge in [-0.1, -0.05) is 41.4 Å². The fourth-order valence-electron chi connectivity index (χ4n) is 1.26. The van der Waals surface area contributed by atoms with Crippen LogP contribution in [0.4, 0.5) is 0 Å². The van der Waals surface area contributed by atoms with E-state index in [-0.39, 0.29) is 28.1 Å². The molecule has 0 aliphatic carbocycles. The summed E-state index contributed by atoms with van der Waals surface area (Å²) in [6.07, 6.45) is 0. The van der Waals surface area contributed by atoms with E-state index in [0.717, 1.165) is 5.57 Å². The fourth-order valence-corrected chi connectivity index (χ4v) is 3.04. The third-order valence-electron chi connectivity index (χ3n) is 2.09. The molecule has 0 aliphatic rings. The maximum Gasteiger partial charge on any atom is 0.242 e. The van der Waals surface area contributed by atoms with Gasteiger partial charge in [0.2, 0.25) is 10.0 Å². The number of rotatable bonds is 7. The molecule has 0 aliphatic heterocycles. The molecule has 0 amide bonds. The van der Waals surface area contributed by atoms with Crippen LogP contribution in [0.3, 0.4) is 0 Å². The van der Waals surface area contributed by atoms with E-state index in [9.17, 15) is 8.42 Å². The monoisotopic (exact) mass is 323 g/mol. The number of halogens is 2. The van der Waals surface area contributed by atoms with Crippen LogP contribution in [0.15, 0.2) is 35.2 Å². The van der Waals surface area contributed by atoms with Crippen LogP contribution < -0.4 is 4.72 Å². The van der Waals surface area contributed by atoms with E-state index in [2.05, 4.69) is 11.3 Å². The second kappa shape index (κ2) is 7.26. The lowest BCUT2D eigenvalue weighted by Gasteiger charge is -2.09. The standard InChI is InChI=1S/C12H15Cl2NO3S/c1-9(2)8-18-7-6-15-19(16,17)11-5-3-4-10(13)12(11)14/h3-5,15H,1,6-8H2,2H3. The minimum absolute atomic E-state index is 0.0134. The highest BCUT2D eigenvalue weighted by Crippen LogP contribution is 2.28. The fraction of sp³-hybridized carbons (Fsp3) is 0.333. The molecule has 0 spiro atoms. The van der Waals surface area contributed by atoms with Crippen molar-refractivity contribution in [1.82, 2.24) is 4.72 Å². The molecule has 0 bridgehead atoms. The Morgan fingerprint density at radius 2 is 2.11 bits per heavy atom. The van der Waals surface area contributed by atoms with Crippen molar-refractivity contribution in [2.45, 2.75) is 11.8 Å². The first-order valence-electron chi connectivity index (χ1n) is 5.50. The Hall–Kier alpha value is -0.590. The average Bonchev–Trinajstić information content (AvgIpc) is 2.31. The second-order valence-electron chi connectivity index (χ2n) is 3.96. The van der Waals surface area contributed by atoms with Gasteiger partial charge in [-0.2, -0.15) is 0 Å². The van der Waals surface area contributed by atoms with Crippen molar-refractivity contribution >= 4 is 33.2 Å². The molecule has 1 rings (SSSR count). The molecule has 0 radical (unpaired) electrons. The van der Waals surface area contributed by atoms with Crippen LogP contribution >= 0.6 is 23.2 Å². The Morgan fingerprint density at radius 3 is 2.74 bits per heavy atom. The van der Waals surface area contributed by atoms with E-state index in [1.165, 1.54) is 18.2 Å². The van der Waals surface area contributed by atoms with Crippen LogP contribution in [0.1, 0.15) is 6.92 Å². The molecule has 0 fully saturated rings. The highest BCUT2D eigenvalue weighted by molar-refractivity contribution is 7.89. The highest BCUT2D eigenvalue weighted by Gasteiger charge is 2.18. The Labute approximate surface area is 123 Å². The summed E-state index contributed by atoms with van der Waals surface area (Å²) in [4.78, 5) is -0.0402. The van der Waals surface area contributed by atoms with Gasteiger partial charge >= 0.3 is 0 Å². The SMILES string of the molecule is C=C(C)COCCNS(=O)(=O)c1cccc(Cl)c1Cl. The van der Waals surface area contributed by atoms with Gasteiger partial charge in [0, 0.05) is 6.54 Å². The van der Waals surface area contributed by atoms with E-state index in [1.807, 2.05) is 6.92 Å². The second-order valence-corrected chi connectivity index (χ2v) is 6.48. The number of hydrogen-bond donors (Lipinski definition) is 1. The molecule has 19 heavy (non-hydrogen) atoms. The number of sulfonamides is 1. The molecule has 1 aromatic rings. The number of nitrogens with one attached hydrogen (secondary N) is 1. The van der Waals surface area contributed by atoms with Gasteiger partial charge in [-0.25, -0.2) is 13.1 Å². The maximum absolute atomic E-state index is 12.0. The molecule has 0 unspecified atom stereocenters. The first kappa shape index (κ1) is 16.5. The summed E-state index contributed by atoms with van der Waals surface area (Å²) in [5.41, 5.74) is 0.876. The summed E-state index contributed by atoms with van der Waals surface area (Å²) in [5.74, 6) is 0. The minimum atomic E-state index is -3.68. The topological polar surface area (TPSA) is 55.4 Å². The first-order valence-corrected chi connectivity index (χ1v) is 7.74. The molecular weight excluding hydrogens is 309 g/mol. The average molecular weight is 324 g/mol. The minimum Gasteiger partial charge on any atom is -0.376 e. The zero-order valence-electron chi connectivity index (χ0n) is 10.4. The van der Waals surface area contributed by atoms with Crippen LogP contribution in [0.5, 0.6) is 0 Å². The lowest BCUT2D eigenvalue weighted by Crippen LogP contribution is -2.27. The highest BCUT2D eigenvalue weighted by atomic mass is 35.5. The predicted molar refractivity (Wildman–Crippen MR) is 77.3 cm³/mol. The van der Waals surface area contributed by atoms with Crippen LogP contribution in [0.2, 0.25) is 10.0 Å². The third kappa shape index (κ3) is 5.12. The van der Waals surface area contributed by atoms with Gasteiger partial charge in [-0.05, 0) is 19.1 Å². The van der Waals surface area contributed by atoms with Crippen molar-refractivity contribution in [3.63, 3.8) is 0 Å². The smallest absolute Gasteiger partial charge is 0.242 e. The zero-order chi connectivity index (χ0) is 14.5. The molecule has 7 heteroatoms. The Balaban J connectivity index is 2.61. The van der Waals surface area contributed by atoms with Crippen molar-refractivity contribution in [3.05, 3.63) is 40.4 Å². The number of benzene rings is 1. The summed E-state index contributed by atoms with van der Waals surface area (Å²) >= 11 is 11.6. The summed E-state index contributed by atoms with van der Waals surface area (Å²) in [6.45, 7) is 6.31. The molecule has 4 nitrogen and oxygen atoms in total. The van der Waals surface area contributed by atoms with Gasteiger partial charge < -0.3 is 4.74 Å². The Morgan fingerprint density at radius 1 is 1.42 bits per heavy atom. The number of hydrogen-bond acceptors (Lipinski definition) is 3. The van der Waals surface area contributed by atoms with E-state index in [0.29, 0.717) is 6.61 Å². The van der Waals surface area contributed by atoms with Gasteiger partial charge in [0.05, 0.1) is 23.3 Å². The number of ether oxygens (including phenoxy) is 1. The molecule has 0 saturated heterocycles. The molecule has 0 saturated carbocycles. The molecule has 1 N–H and O–H groups in total. The zero-order valence-corrected chi connectivity index (χ0v) is 12.8. The van der Waals surface area contributed by atoms with Crippen molar-refractivity contribution < 1.29 is 13.2 Å². The first-order chi connectivity index (χ1) is 8.84. The molecule has 0 aromatic heterocycles. The lowest BCUT2D eigenvalue weighted by atomic mass is 10.4. The Kier molecular flexibility index (Phi) is 6.29. The summed E-state index contributed by atoms with van der Waals surface area (Å²) in [7, 11) is -3.68. The molecule has 106 valence electrons. The van der Waals surface area contributed by atoms with Crippen LogP contribution in [0.25, 0.3) is 0 Å². The van der Waals surface area contributed by atoms with E-state index in [4.69, 9.17) is 27.9 Å². The molecule has 1 aromatic carbocycles. The largest absolute Gasteiger partial charge is 0.376 e. The molecular formula is C12H15Cl2NO3S. The van der Waals surface area contributed by atoms with E-state index >= 15 is 0 Å².